The Kier molecular flexibility index (Phi) is 4.85. The van der Waals surface area contributed by atoms with E-state index in [-0.39, 0.29) is 0 Å². The van der Waals surface area contributed by atoms with Crippen LogP contribution in [-0.4, -0.2) is 22.3 Å². The van der Waals surface area contributed by atoms with Gasteiger partial charge in [0.1, 0.15) is 5.75 Å². The first-order valence-corrected chi connectivity index (χ1v) is 8.86. The molecule has 0 saturated carbocycles. The summed E-state index contributed by atoms with van der Waals surface area (Å²) in [5, 5.41) is 14.8. The molecule has 0 atom stereocenters. The Balaban J connectivity index is 1.75. The number of nitrogens with zero attached hydrogens (tertiary/aromatic N) is 3. The molecule has 0 aliphatic heterocycles. The summed E-state index contributed by atoms with van der Waals surface area (Å²) in [5.74, 6) is 1.34. The predicted molar refractivity (Wildman–Crippen MR) is 108 cm³/mol. The van der Waals surface area contributed by atoms with Gasteiger partial charge in [-0.25, -0.2) is 0 Å². The highest BCUT2D eigenvalue weighted by atomic mass is 35.5. The second kappa shape index (κ2) is 7.60. The molecule has 0 spiro atoms. The van der Waals surface area contributed by atoms with Crippen LogP contribution in [0.5, 0.6) is 5.75 Å². The number of anilines is 2. The van der Waals surface area contributed by atoms with Gasteiger partial charge in [-0.15, -0.1) is 5.10 Å². The molecule has 5 nitrogen and oxygen atoms in total. The molecule has 6 heteroatoms. The maximum atomic E-state index is 6.14. The van der Waals surface area contributed by atoms with E-state index in [1.54, 1.807) is 25.4 Å². The number of pyridine rings is 1. The first-order chi connectivity index (χ1) is 13.2. The van der Waals surface area contributed by atoms with E-state index in [0.29, 0.717) is 23.0 Å². The van der Waals surface area contributed by atoms with Gasteiger partial charge in [0, 0.05) is 34.6 Å². The highest BCUT2D eigenvalue weighted by Gasteiger charge is 2.12. The highest BCUT2D eigenvalue weighted by Crippen LogP contribution is 2.33. The Morgan fingerprint density at radius 3 is 2.63 bits per heavy atom. The molecule has 0 fully saturated rings. The molecule has 27 heavy (non-hydrogen) atoms. The number of fused-ring (bicyclic) bond motifs is 1. The maximum Gasteiger partial charge on any atom is 0.161 e. The first-order valence-electron chi connectivity index (χ1n) is 8.48. The van der Waals surface area contributed by atoms with E-state index in [4.69, 9.17) is 16.3 Å². The molecule has 2 heterocycles. The molecule has 4 rings (SSSR count). The van der Waals surface area contributed by atoms with E-state index in [9.17, 15) is 0 Å². The number of benzene rings is 2. The average Bonchev–Trinajstić information content (AvgIpc) is 2.71. The van der Waals surface area contributed by atoms with Crippen molar-refractivity contribution >= 4 is 33.9 Å². The van der Waals surface area contributed by atoms with Crippen LogP contribution in [0.3, 0.4) is 0 Å². The molecule has 0 amide bonds. The van der Waals surface area contributed by atoms with Crippen LogP contribution in [0.1, 0.15) is 11.3 Å². The van der Waals surface area contributed by atoms with E-state index >= 15 is 0 Å². The summed E-state index contributed by atoms with van der Waals surface area (Å²) >= 11 is 6.14. The lowest BCUT2D eigenvalue weighted by atomic mass is 10.1. The number of hydrogen-bond acceptors (Lipinski definition) is 5. The smallest absolute Gasteiger partial charge is 0.161 e. The fourth-order valence-electron chi connectivity index (χ4n) is 2.98. The molecule has 0 radical (unpaired) electrons. The first kappa shape index (κ1) is 17.2. The fourth-order valence-corrected chi connectivity index (χ4v) is 3.16. The topological polar surface area (TPSA) is 59.9 Å². The quantitative estimate of drug-likeness (QED) is 0.529. The number of methoxy groups -OCH3 is 1. The average molecular weight is 377 g/mol. The van der Waals surface area contributed by atoms with Gasteiger partial charge in [-0.3, -0.25) is 4.98 Å². The van der Waals surface area contributed by atoms with Crippen LogP contribution in [0.25, 0.3) is 10.8 Å². The van der Waals surface area contributed by atoms with Gasteiger partial charge < -0.3 is 10.1 Å². The molecular formula is C21H17ClN4O. The SMILES string of the molecule is COc1ccc(Cl)cc1Nc1nnc(Cc2cccnc2)c2ccccc12. The second-order valence-corrected chi connectivity index (χ2v) is 6.48. The van der Waals surface area contributed by atoms with Crippen molar-refractivity contribution in [1.82, 2.24) is 15.2 Å². The number of halogens is 1. The highest BCUT2D eigenvalue weighted by molar-refractivity contribution is 6.31. The zero-order valence-electron chi connectivity index (χ0n) is 14.7. The minimum Gasteiger partial charge on any atom is -0.495 e. The Morgan fingerprint density at radius 1 is 1.00 bits per heavy atom. The van der Waals surface area contributed by atoms with Crippen LogP contribution in [0, 0.1) is 0 Å². The van der Waals surface area contributed by atoms with Crippen molar-refractivity contribution in [2.75, 3.05) is 12.4 Å². The third-order valence-corrected chi connectivity index (χ3v) is 4.51. The van der Waals surface area contributed by atoms with Crippen molar-refractivity contribution in [3.8, 4) is 5.75 Å². The van der Waals surface area contributed by atoms with Gasteiger partial charge >= 0.3 is 0 Å². The summed E-state index contributed by atoms with van der Waals surface area (Å²) in [5.41, 5.74) is 2.74. The maximum absolute atomic E-state index is 6.14. The van der Waals surface area contributed by atoms with Gasteiger partial charge in [-0.2, -0.15) is 5.10 Å². The van der Waals surface area contributed by atoms with Crippen molar-refractivity contribution in [2.45, 2.75) is 6.42 Å². The fraction of sp³-hybridized carbons (Fsp3) is 0.0952. The van der Waals surface area contributed by atoms with Crippen LogP contribution < -0.4 is 10.1 Å². The van der Waals surface area contributed by atoms with Gasteiger partial charge in [0.05, 0.1) is 18.5 Å². The number of aromatic nitrogens is 3. The Morgan fingerprint density at radius 2 is 1.85 bits per heavy atom. The third kappa shape index (κ3) is 3.68. The van der Waals surface area contributed by atoms with Crippen LogP contribution in [-0.2, 0) is 6.42 Å². The lowest BCUT2D eigenvalue weighted by Gasteiger charge is -2.13. The molecule has 4 aromatic rings. The summed E-state index contributed by atoms with van der Waals surface area (Å²) in [4.78, 5) is 4.17. The summed E-state index contributed by atoms with van der Waals surface area (Å²) in [6.45, 7) is 0. The molecule has 0 aliphatic rings. The number of nitrogens with one attached hydrogen (secondary N) is 1. The summed E-state index contributed by atoms with van der Waals surface area (Å²) in [7, 11) is 1.62. The third-order valence-electron chi connectivity index (χ3n) is 4.27. The van der Waals surface area contributed by atoms with Gasteiger partial charge in [0.2, 0.25) is 0 Å². The standard InChI is InChI=1S/C21H17ClN4O/c1-27-20-9-8-15(22)12-19(20)24-21-17-7-3-2-6-16(17)18(25-26-21)11-14-5-4-10-23-13-14/h2-10,12-13H,11H2,1H3,(H,24,26). The largest absolute Gasteiger partial charge is 0.495 e. The van der Waals surface area contributed by atoms with E-state index in [0.717, 1.165) is 27.7 Å². The van der Waals surface area contributed by atoms with Crippen molar-refractivity contribution in [2.24, 2.45) is 0 Å². The van der Waals surface area contributed by atoms with E-state index in [2.05, 4.69) is 26.6 Å². The minimum absolute atomic E-state index is 0.615. The zero-order valence-corrected chi connectivity index (χ0v) is 15.4. The minimum atomic E-state index is 0.615. The van der Waals surface area contributed by atoms with Crippen LogP contribution in [0.2, 0.25) is 5.02 Å². The summed E-state index contributed by atoms with van der Waals surface area (Å²) in [6, 6.07) is 17.4. The summed E-state index contributed by atoms with van der Waals surface area (Å²) in [6.07, 6.45) is 4.28. The molecule has 2 aromatic heterocycles. The van der Waals surface area contributed by atoms with Crippen molar-refractivity contribution < 1.29 is 4.74 Å². The number of rotatable bonds is 5. The molecule has 134 valence electrons. The monoisotopic (exact) mass is 376 g/mol. The van der Waals surface area contributed by atoms with Crippen LogP contribution in [0.15, 0.2) is 67.0 Å². The van der Waals surface area contributed by atoms with Crippen molar-refractivity contribution in [1.29, 1.82) is 0 Å². The normalized spacial score (nSPS) is 10.7. The number of hydrogen-bond donors (Lipinski definition) is 1. The molecule has 0 bridgehead atoms. The van der Waals surface area contributed by atoms with Gasteiger partial charge in [0.15, 0.2) is 5.82 Å². The molecule has 2 aromatic carbocycles. The van der Waals surface area contributed by atoms with Crippen molar-refractivity contribution in [3.05, 3.63) is 83.3 Å². The number of ether oxygens (including phenoxy) is 1. The van der Waals surface area contributed by atoms with E-state index in [1.165, 1.54) is 0 Å². The summed E-state index contributed by atoms with van der Waals surface area (Å²) < 4.78 is 5.41. The lowest BCUT2D eigenvalue weighted by Crippen LogP contribution is -2.03. The van der Waals surface area contributed by atoms with Crippen LogP contribution >= 0.6 is 11.6 Å². The van der Waals surface area contributed by atoms with E-state index < -0.39 is 0 Å². The molecule has 1 N–H and O–H groups in total. The van der Waals surface area contributed by atoms with Gasteiger partial charge in [0.25, 0.3) is 0 Å². The predicted octanol–water partition coefficient (Wildman–Crippen LogP) is 5.02. The Bertz CT molecular complexity index is 1090. The lowest BCUT2D eigenvalue weighted by molar-refractivity contribution is 0.417. The zero-order chi connectivity index (χ0) is 18.6. The molecule has 0 unspecified atom stereocenters. The molecular weight excluding hydrogens is 360 g/mol. The Hall–Kier alpha value is -3.18. The Labute approximate surface area is 162 Å². The van der Waals surface area contributed by atoms with Crippen LogP contribution in [0.4, 0.5) is 11.5 Å². The van der Waals surface area contributed by atoms with Crippen molar-refractivity contribution in [3.63, 3.8) is 0 Å². The van der Waals surface area contributed by atoms with Gasteiger partial charge in [-0.1, -0.05) is 41.9 Å². The molecule has 0 aliphatic carbocycles. The van der Waals surface area contributed by atoms with Gasteiger partial charge in [-0.05, 0) is 29.8 Å². The second-order valence-electron chi connectivity index (χ2n) is 6.05. The molecule has 0 saturated heterocycles. The van der Waals surface area contributed by atoms with E-state index in [1.807, 2.05) is 42.6 Å².